The van der Waals surface area contributed by atoms with Gasteiger partial charge in [0.15, 0.2) is 11.6 Å². The van der Waals surface area contributed by atoms with E-state index in [-0.39, 0.29) is 41.5 Å². The molecule has 0 saturated carbocycles. The highest BCUT2D eigenvalue weighted by atomic mass is 19.1. The Morgan fingerprint density at radius 3 is 2.43 bits per heavy atom. The highest BCUT2D eigenvalue weighted by molar-refractivity contribution is 6.02. The molecular formula is C26H18F2N4O3. The van der Waals surface area contributed by atoms with Crippen LogP contribution in [0.3, 0.4) is 0 Å². The molecule has 0 spiro atoms. The van der Waals surface area contributed by atoms with Crippen molar-refractivity contribution in [3.63, 3.8) is 0 Å². The molecule has 0 saturated heterocycles. The number of halogens is 2. The van der Waals surface area contributed by atoms with Crippen LogP contribution in [0.25, 0.3) is 17.1 Å². The summed E-state index contributed by atoms with van der Waals surface area (Å²) in [5.41, 5.74) is 2.08. The van der Waals surface area contributed by atoms with Crippen molar-refractivity contribution in [3.8, 4) is 23.1 Å². The predicted octanol–water partition coefficient (Wildman–Crippen LogP) is 5.64. The van der Waals surface area contributed by atoms with E-state index in [2.05, 4.69) is 15.4 Å². The lowest BCUT2D eigenvalue weighted by Crippen LogP contribution is -2.10. The first-order valence-corrected chi connectivity index (χ1v) is 10.6. The lowest BCUT2D eigenvalue weighted by Gasteiger charge is -2.08. The molecule has 1 amide bonds. The van der Waals surface area contributed by atoms with Crippen LogP contribution in [-0.4, -0.2) is 20.7 Å². The molecular weight excluding hydrogens is 454 g/mol. The third-order valence-electron chi connectivity index (χ3n) is 5.10. The molecule has 0 atom stereocenters. The highest BCUT2D eigenvalue weighted by Crippen LogP contribution is 2.27. The van der Waals surface area contributed by atoms with Gasteiger partial charge < -0.3 is 14.5 Å². The number of hydrogen-bond acceptors (Lipinski definition) is 5. The molecule has 3 aromatic carbocycles. The molecule has 35 heavy (non-hydrogen) atoms. The summed E-state index contributed by atoms with van der Waals surface area (Å²) in [5, 5.41) is 7.14. The zero-order chi connectivity index (χ0) is 24.2. The number of hydrogen-bond donors (Lipinski definition) is 1. The number of rotatable bonds is 7. The van der Waals surface area contributed by atoms with E-state index in [9.17, 15) is 13.6 Å². The molecule has 0 aliphatic rings. The Morgan fingerprint density at radius 2 is 1.71 bits per heavy atom. The van der Waals surface area contributed by atoms with Gasteiger partial charge in [0, 0.05) is 5.69 Å². The van der Waals surface area contributed by atoms with Crippen molar-refractivity contribution in [2.75, 3.05) is 5.32 Å². The Morgan fingerprint density at radius 1 is 0.943 bits per heavy atom. The summed E-state index contributed by atoms with van der Waals surface area (Å²) < 4.78 is 40.0. The molecule has 2 heterocycles. The van der Waals surface area contributed by atoms with Gasteiger partial charge in [-0.15, -0.1) is 5.10 Å². The lowest BCUT2D eigenvalue weighted by molar-refractivity contribution is 0.0996. The Labute approximate surface area is 198 Å². The van der Waals surface area contributed by atoms with Gasteiger partial charge in [0.05, 0.1) is 17.5 Å². The normalized spacial score (nSPS) is 10.8. The summed E-state index contributed by atoms with van der Waals surface area (Å²) >= 11 is 0. The molecule has 5 rings (SSSR count). The average molecular weight is 472 g/mol. The summed E-state index contributed by atoms with van der Waals surface area (Å²) in [6, 6.07) is 22.1. The van der Waals surface area contributed by atoms with Crippen LogP contribution in [0.2, 0.25) is 0 Å². The largest absolute Gasteiger partial charge is 0.459 e. The van der Waals surface area contributed by atoms with E-state index < -0.39 is 5.82 Å². The number of nitrogens with one attached hydrogen (secondary N) is 1. The standard InChI is InChI=1S/C26H18F2N4O3/c27-18-9-7-17(8-10-18)16-35-26-30-24(21-4-1-2-5-22(21)28)32(31-26)20-13-11-19(12-14-20)29-25(33)23-6-3-15-34-23/h1-15H,16H2,(H,29,33). The predicted molar refractivity (Wildman–Crippen MR) is 124 cm³/mol. The van der Waals surface area contributed by atoms with Crippen LogP contribution in [0, 0.1) is 11.6 Å². The minimum atomic E-state index is -0.464. The fraction of sp³-hybridized carbons (Fsp3) is 0.0385. The van der Waals surface area contributed by atoms with Gasteiger partial charge in [0.1, 0.15) is 18.2 Å². The van der Waals surface area contributed by atoms with Crippen LogP contribution in [0.1, 0.15) is 16.1 Å². The zero-order valence-corrected chi connectivity index (χ0v) is 18.2. The Hall–Kier alpha value is -4.79. The summed E-state index contributed by atoms with van der Waals surface area (Å²) in [5.74, 6) is -0.762. The Balaban J connectivity index is 1.43. The Bertz CT molecular complexity index is 1450. The van der Waals surface area contributed by atoms with E-state index in [0.29, 0.717) is 11.4 Å². The van der Waals surface area contributed by atoms with E-state index in [1.165, 1.54) is 29.1 Å². The van der Waals surface area contributed by atoms with Gasteiger partial charge in [-0.3, -0.25) is 4.79 Å². The fourth-order valence-electron chi connectivity index (χ4n) is 3.37. The number of benzene rings is 3. The number of anilines is 1. The smallest absolute Gasteiger partial charge is 0.336 e. The van der Waals surface area contributed by atoms with E-state index in [4.69, 9.17) is 9.15 Å². The van der Waals surface area contributed by atoms with Gasteiger partial charge in [-0.2, -0.15) is 4.98 Å². The van der Waals surface area contributed by atoms with Crippen molar-refractivity contribution < 1.29 is 22.7 Å². The number of aromatic nitrogens is 3. The molecule has 0 fully saturated rings. The third-order valence-corrected chi connectivity index (χ3v) is 5.10. The van der Waals surface area contributed by atoms with Crippen LogP contribution in [0.15, 0.2) is 95.6 Å². The monoisotopic (exact) mass is 472 g/mol. The molecule has 174 valence electrons. The summed E-state index contributed by atoms with van der Waals surface area (Å²) in [6.45, 7) is 0.110. The van der Waals surface area contributed by atoms with Crippen LogP contribution >= 0.6 is 0 Å². The van der Waals surface area contributed by atoms with Gasteiger partial charge in [0.2, 0.25) is 0 Å². The van der Waals surface area contributed by atoms with E-state index in [1.54, 1.807) is 66.7 Å². The van der Waals surface area contributed by atoms with Gasteiger partial charge in [0.25, 0.3) is 5.91 Å². The number of furan rings is 1. The first-order valence-electron chi connectivity index (χ1n) is 10.6. The maximum Gasteiger partial charge on any atom is 0.336 e. The van der Waals surface area contributed by atoms with Gasteiger partial charge in [-0.25, -0.2) is 13.5 Å². The topological polar surface area (TPSA) is 82.2 Å². The molecule has 5 aromatic rings. The molecule has 1 N–H and O–H groups in total. The number of ether oxygens (including phenoxy) is 1. The third kappa shape index (κ3) is 4.93. The molecule has 0 radical (unpaired) electrons. The van der Waals surface area contributed by atoms with Crippen molar-refractivity contribution in [2.45, 2.75) is 6.61 Å². The second kappa shape index (κ2) is 9.60. The van der Waals surface area contributed by atoms with Crippen molar-refractivity contribution in [1.82, 2.24) is 14.8 Å². The first-order chi connectivity index (χ1) is 17.1. The van der Waals surface area contributed by atoms with Crippen LogP contribution in [-0.2, 0) is 6.61 Å². The van der Waals surface area contributed by atoms with Crippen molar-refractivity contribution >= 4 is 11.6 Å². The average Bonchev–Trinajstić information content (AvgIpc) is 3.55. The van der Waals surface area contributed by atoms with Gasteiger partial charge >= 0.3 is 6.01 Å². The van der Waals surface area contributed by atoms with Crippen molar-refractivity contribution in [2.24, 2.45) is 0 Å². The zero-order valence-electron chi connectivity index (χ0n) is 18.2. The van der Waals surface area contributed by atoms with E-state index >= 15 is 0 Å². The molecule has 0 aliphatic carbocycles. The maximum absolute atomic E-state index is 14.6. The second-order valence-electron chi connectivity index (χ2n) is 7.50. The summed E-state index contributed by atoms with van der Waals surface area (Å²) in [7, 11) is 0. The summed E-state index contributed by atoms with van der Waals surface area (Å²) in [6.07, 6.45) is 1.42. The highest BCUT2D eigenvalue weighted by Gasteiger charge is 2.18. The number of nitrogens with zero attached hydrogens (tertiary/aromatic N) is 3. The molecule has 9 heteroatoms. The lowest BCUT2D eigenvalue weighted by atomic mass is 10.2. The quantitative estimate of drug-likeness (QED) is 0.332. The molecule has 0 aliphatic heterocycles. The van der Waals surface area contributed by atoms with Gasteiger partial charge in [-0.1, -0.05) is 24.3 Å². The minimum Gasteiger partial charge on any atom is -0.459 e. The molecule has 2 aromatic heterocycles. The van der Waals surface area contributed by atoms with Gasteiger partial charge in [-0.05, 0) is 66.2 Å². The molecule has 0 bridgehead atoms. The van der Waals surface area contributed by atoms with Crippen LogP contribution in [0.4, 0.5) is 14.5 Å². The summed E-state index contributed by atoms with van der Waals surface area (Å²) in [4.78, 5) is 16.6. The van der Waals surface area contributed by atoms with E-state index in [1.807, 2.05) is 0 Å². The second-order valence-corrected chi connectivity index (χ2v) is 7.50. The van der Waals surface area contributed by atoms with Crippen molar-refractivity contribution in [3.05, 3.63) is 114 Å². The maximum atomic E-state index is 14.6. The minimum absolute atomic E-state index is 0.0303. The SMILES string of the molecule is O=C(Nc1ccc(-n2nc(OCc3ccc(F)cc3)nc2-c2ccccc2F)cc1)c1ccco1. The number of amides is 1. The number of carbonyl (C=O) groups is 1. The van der Waals surface area contributed by atoms with Crippen LogP contribution in [0.5, 0.6) is 6.01 Å². The molecule has 0 unspecified atom stereocenters. The van der Waals surface area contributed by atoms with Crippen LogP contribution < -0.4 is 10.1 Å². The first kappa shape index (κ1) is 22.0. The van der Waals surface area contributed by atoms with Crippen molar-refractivity contribution in [1.29, 1.82) is 0 Å². The Kier molecular flexibility index (Phi) is 6.04. The molecule has 7 nitrogen and oxygen atoms in total. The van der Waals surface area contributed by atoms with E-state index in [0.717, 1.165) is 5.56 Å². The number of carbonyl (C=O) groups excluding carboxylic acids is 1. The fourth-order valence-corrected chi connectivity index (χ4v) is 3.37.